The molecule has 0 aliphatic carbocycles. The summed E-state index contributed by atoms with van der Waals surface area (Å²) in [6.45, 7) is 9.22. The van der Waals surface area contributed by atoms with E-state index in [0.29, 0.717) is 12.2 Å². The number of hydrogen-bond donors (Lipinski definition) is 0. The van der Waals surface area contributed by atoms with Gasteiger partial charge in [0.1, 0.15) is 5.75 Å². The van der Waals surface area contributed by atoms with Crippen molar-refractivity contribution in [3.8, 4) is 5.75 Å². The van der Waals surface area contributed by atoms with Gasteiger partial charge in [-0.2, -0.15) is 0 Å². The molecule has 0 bridgehead atoms. The van der Waals surface area contributed by atoms with Gasteiger partial charge in [-0.15, -0.1) is 0 Å². The zero-order valence-electron chi connectivity index (χ0n) is 11.5. The molecule has 18 heavy (non-hydrogen) atoms. The topological polar surface area (TPSA) is 26.3 Å². The third-order valence-electron chi connectivity index (χ3n) is 2.81. The highest BCUT2D eigenvalue weighted by Gasteiger charge is 2.18. The maximum atomic E-state index is 11.2. The number of unbranched alkanes of at least 4 members (excludes halogenated alkanes) is 1. The van der Waals surface area contributed by atoms with Crippen molar-refractivity contribution in [2.24, 2.45) is 0 Å². The molecule has 0 N–H and O–H groups in total. The summed E-state index contributed by atoms with van der Waals surface area (Å²) in [5, 5.41) is 0. The standard InChI is InChI=1S/C15H21IO2/c1-5-6-7-18-14-11(10-17)8-12(9-13(14)16)15(2,3)4/h8-10H,5-7H2,1-4H3. The van der Waals surface area contributed by atoms with Crippen LogP contribution in [0.5, 0.6) is 5.75 Å². The summed E-state index contributed by atoms with van der Waals surface area (Å²) in [4.78, 5) is 11.2. The molecule has 1 aromatic rings. The van der Waals surface area contributed by atoms with Crippen molar-refractivity contribution < 1.29 is 9.53 Å². The fourth-order valence-corrected chi connectivity index (χ4v) is 2.41. The predicted molar refractivity (Wildman–Crippen MR) is 83.6 cm³/mol. The lowest BCUT2D eigenvalue weighted by Gasteiger charge is -2.21. The van der Waals surface area contributed by atoms with Crippen molar-refractivity contribution in [3.63, 3.8) is 0 Å². The summed E-state index contributed by atoms with van der Waals surface area (Å²) in [7, 11) is 0. The van der Waals surface area contributed by atoms with E-state index in [4.69, 9.17) is 4.74 Å². The van der Waals surface area contributed by atoms with E-state index >= 15 is 0 Å². The molecule has 0 atom stereocenters. The van der Waals surface area contributed by atoms with Crippen LogP contribution < -0.4 is 4.74 Å². The lowest BCUT2D eigenvalue weighted by molar-refractivity contribution is 0.111. The molecular weight excluding hydrogens is 339 g/mol. The van der Waals surface area contributed by atoms with Crippen LogP contribution in [0.3, 0.4) is 0 Å². The van der Waals surface area contributed by atoms with Crippen LogP contribution in [0.25, 0.3) is 0 Å². The number of ether oxygens (including phenoxy) is 1. The molecule has 0 saturated heterocycles. The number of hydrogen-bond acceptors (Lipinski definition) is 2. The van der Waals surface area contributed by atoms with Crippen molar-refractivity contribution in [3.05, 3.63) is 26.8 Å². The van der Waals surface area contributed by atoms with Crippen molar-refractivity contribution in [1.29, 1.82) is 0 Å². The molecule has 2 nitrogen and oxygen atoms in total. The van der Waals surface area contributed by atoms with Crippen LogP contribution in [-0.2, 0) is 5.41 Å². The van der Waals surface area contributed by atoms with Crippen molar-refractivity contribution in [2.75, 3.05) is 6.61 Å². The molecule has 0 aliphatic rings. The Kier molecular flexibility index (Phi) is 5.63. The zero-order valence-corrected chi connectivity index (χ0v) is 13.7. The smallest absolute Gasteiger partial charge is 0.153 e. The van der Waals surface area contributed by atoms with Gasteiger partial charge in [0.2, 0.25) is 0 Å². The van der Waals surface area contributed by atoms with Gasteiger partial charge in [-0.3, -0.25) is 4.79 Å². The van der Waals surface area contributed by atoms with Gasteiger partial charge in [0.25, 0.3) is 0 Å². The van der Waals surface area contributed by atoms with Crippen molar-refractivity contribution >= 4 is 28.9 Å². The van der Waals surface area contributed by atoms with Gasteiger partial charge in [-0.05, 0) is 52.1 Å². The van der Waals surface area contributed by atoms with Gasteiger partial charge in [0, 0.05) is 0 Å². The Morgan fingerprint density at radius 3 is 2.50 bits per heavy atom. The molecule has 0 spiro atoms. The largest absolute Gasteiger partial charge is 0.492 e. The lowest BCUT2D eigenvalue weighted by atomic mass is 9.86. The first-order valence-corrected chi connectivity index (χ1v) is 7.40. The van der Waals surface area contributed by atoms with E-state index in [9.17, 15) is 4.79 Å². The van der Waals surface area contributed by atoms with Crippen LogP contribution in [0.4, 0.5) is 0 Å². The van der Waals surface area contributed by atoms with E-state index in [1.807, 2.05) is 6.07 Å². The molecule has 0 aromatic heterocycles. The van der Waals surface area contributed by atoms with E-state index in [-0.39, 0.29) is 5.41 Å². The van der Waals surface area contributed by atoms with Crippen LogP contribution >= 0.6 is 22.6 Å². The van der Waals surface area contributed by atoms with E-state index in [1.165, 1.54) is 0 Å². The fraction of sp³-hybridized carbons (Fsp3) is 0.533. The molecule has 0 heterocycles. The van der Waals surface area contributed by atoms with E-state index < -0.39 is 0 Å². The zero-order chi connectivity index (χ0) is 13.8. The third-order valence-corrected chi connectivity index (χ3v) is 3.61. The van der Waals surface area contributed by atoms with Crippen molar-refractivity contribution in [1.82, 2.24) is 0 Å². The van der Waals surface area contributed by atoms with Crippen molar-refractivity contribution in [2.45, 2.75) is 46.0 Å². The van der Waals surface area contributed by atoms with Gasteiger partial charge < -0.3 is 4.74 Å². The van der Waals surface area contributed by atoms with Crippen LogP contribution in [0, 0.1) is 3.57 Å². The Morgan fingerprint density at radius 1 is 1.33 bits per heavy atom. The Morgan fingerprint density at radius 2 is 2.00 bits per heavy atom. The van der Waals surface area contributed by atoms with Gasteiger partial charge in [-0.1, -0.05) is 34.1 Å². The predicted octanol–water partition coefficient (Wildman–Crippen LogP) is 4.58. The third kappa shape index (κ3) is 3.97. The maximum absolute atomic E-state index is 11.2. The molecule has 0 aliphatic heterocycles. The Labute approximate surface area is 123 Å². The average molecular weight is 360 g/mol. The Balaban J connectivity index is 3.08. The maximum Gasteiger partial charge on any atom is 0.153 e. The van der Waals surface area contributed by atoms with Crippen LogP contribution in [0.2, 0.25) is 0 Å². The van der Waals surface area contributed by atoms with E-state index in [2.05, 4.69) is 56.4 Å². The quantitative estimate of drug-likeness (QED) is 0.437. The molecule has 1 rings (SSSR count). The highest BCUT2D eigenvalue weighted by molar-refractivity contribution is 14.1. The van der Waals surface area contributed by atoms with Gasteiger partial charge in [0.05, 0.1) is 15.7 Å². The van der Waals surface area contributed by atoms with E-state index in [0.717, 1.165) is 34.0 Å². The minimum absolute atomic E-state index is 0.0413. The molecule has 0 fully saturated rings. The summed E-state index contributed by atoms with van der Waals surface area (Å²) in [5.74, 6) is 0.729. The molecule has 0 radical (unpaired) electrons. The summed E-state index contributed by atoms with van der Waals surface area (Å²) < 4.78 is 6.74. The summed E-state index contributed by atoms with van der Waals surface area (Å²) in [5.41, 5.74) is 1.86. The number of carbonyl (C=O) groups excluding carboxylic acids is 1. The average Bonchev–Trinajstić information content (AvgIpc) is 2.29. The molecule has 1 aromatic carbocycles. The Bertz CT molecular complexity index is 419. The first-order chi connectivity index (χ1) is 8.40. The number of carbonyl (C=O) groups is 1. The highest BCUT2D eigenvalue weighted by atomic mass is 127. The summed E-state index contributed by atoms with van der Waals surface area (Å²) in [6.07, 6.45) is 2.99. The van der Waals surface area contributed by atoms with Crippen LogP contribution in [0.1, 0.15) is 56.5 Å². The first kappa shape index (κ1) is 15.5. The minimum atomic E-state index is 0.0413. The second-order valence-electron chi connectivity index (χ2n) is 5.45. The normalized spacial score (nSPS) is 11.4. The fourth-order valence-electron chi connectivity index (χ4n) is 1.61. The lowest BCUT2D eigenvalue weighted by Crippen LogP contribution is -2.13. The number of aldehydes is 1. The van der Waals surface area contributed by atoms with Gasteiger partial charge in [-0.25, -0.2) is 0 Å². The molecule has 0 unspecified atom stereocenters. The SMILES string of the molecule is CCCCOc1c(I)cc(C(C)(C)C)cc1C=O. The van der Waals surface area contributed by atoms with Gasteiger partial charge >= 0.3 is 0 Å². The van der Waals surface area contributed by atoms with Gasteiger partial charge in [0.15, 0.2) is 6.29 Å². The Hall–Kier alpha value is -0.580. The monoisotopic (exact) mass is 360 g/mol. The second-order valence-corrected chi connectivity index (χ2v) is 6.61. The minimum Gasteiger partial charge on any atom is -0.492 e. The molecule has 100 valence electrons. The second kappa shape index (κ2) is 6.55. The number of benzene rings is 1. The summed E-state index contributed by atoms with van der Waals surface area (Å²) >= 11 is 2.24. The molecule has 0 amide bonds. The summed E-state index contributed by atoms with van der Waals surface area (Å²) in [6, 6.07) is 4.05. The highest BCUT2D eigenvalue weighted by Crippen LogP contribution is 2.32. The first-order valence-electron chi connectivity index (χ1n) is 6.32. The number of rotatable bonds is 5. The van der Waals surface area contributed by atoms with E-state index in [1.54, 1.807) is 0 Å². The molecule has 3 heteroatoms. The van der Waals surface area contributed by atoms with Crippen LogP contribution in [0.15, 0.2) is 12.1 Å². The van der Waals surface area contributed by atoms with Crippen LogP contribution in [-0.4, -0.2) is 12.9 Å². The molecular formula is C15H21IO2. The number of halogens is 1. The molecule has 0 saturated carbocycles.